The third-order valence-corrected chi connectivity index (χ3v) is 6.36. The number of piperidine rings is 1. The summed E-state index contributed by atoms with van der Waals surface area (Å²) in [7, 11) is 0. The lowest BCUT2D eigenvalue weighted by atomic mass is 9.88. The Labute approximate surface area is 199 Å². The summed E-state index contributed by atoms with van der Waals surface area (Å²) in [5, 5.41) is 2.11. The number of nitrogens with zero attached hydrogens (tertiary/aromatic N) is 1. The number of rotatable bonds is 3. The van der Waals surface area contributed by atoms with Crippen LogP contribution in [-0.2, 0) is 0 Å². The van der Waals surface area contributed by atoms with Crippen molar-refractivity contribution in [2.45, 2.75) is 23.8 Å². The van der Waals surface area contributed by atoms with E-state index in [0.29, 0.717) is 22.5 Å². The molecule has 0 aliphatic carbocycles. The summed E-state index contributed by atoms with van der Waals surface area (Å²) < 4.78 is 0. The van der Waals surface area contributed by atoms with E-state index in [1.54, 1.807) is 0 Å². The second-order valence-electron chi connectivity index (χ2n) is 7.33. The molecule has 1 aliphatic rings. The van der Waals surface area contributed by atoms with Crippen molar-refractivity contribution >= 4 is 53.1 Å². The van der Waals surface area contributed by atoms with Crippen LogP contribution in [0.2, 0.25) is 15.1 Å². The smallest absolute Gasteiger partial charge is 0.0557 e. The summed E-state index contributed by atoms with van der Waals surface area (Å²) in [6.45, 7) is 1.62. The van der Waals surface area contributed by atoms with Crippen LogP contribution >= 0.6 is 47.4 Å². The molecule has 2 N–H and O–H groups in total. The molecular formula is C24H25Cl3N2S. The van der Waals surface area contributed by atoms with Crippen molar-refractivity contribution in [2.24, 2.45) is 11.7 Å². The molecule has 1 saturated heterocycles. The largest absolute Gasteiger partial charge is 0.364 e. The standard InChI is InChI=1S/C18H19Cl3N2.C6H6S/c19-13-2-5-15(6-3-13)23-11-12(10-22)1-8-18(23)16-7-4-14(20)9-17(16)21;7-6-4-2-1-3-5-6/h2-7,9,12,18H,1,8,10-11,22H2;1-5,7H. The monoisotopic (exact) mass is 478 g/mol. The summed E-state index contributed by atoms with van der Waals surface area (Å²) in [4.78, 5) is 3.40. The van der Waals surface area contributed by atoms with Gasteiger partial charge in [0.25, 0.3) is 0 Å². The molecule has 0 aromatic heterocycles. The van der Waals surface area contributed by atoms with Crippen LogP contribution in [0.4, 0.5) is 5.69 Å². The summed E-state index contributed by atoms with van der Waals surface area (Å²) in [6.07, 6.45) is 2.12. The Morgan fingerprint density at radius 1 is 0.867 bits per heavy atom. The van der Waals surface area contributed by atoms with Gasteiger partial charge in [-0.1, -0.05) is 59.1 Å². The summed E-state index contributed by atoms with van der Waals surface area (Å²) in [5.41, 5.74) is 8.16. The lowest BCUT2D eigenvalue weighted by Gasteiger charge is -2.41. The van der Waals surface area contributed by atoms with E-state index in [1.807, 2.05) is 60.7 Å². The molecule has 2 unspecified atom stereocenters. The second kappa shape index (κ2) is 11.3. The Bertz CT molecular complexity index is 935. The molecule has 1 fully saturated rings. The normalized spacial score (nSPS) is 18.5. The Hall–Kier alpha value is -1.36. The highest BCUT2D eigenvalue weighted by atomic mass is 35.5. The van der Waals surface area contributed by atoms with Gasteiger partial charge in [-0.2, -0.15) is 0 Å². The van der Waals surface area contributed by atoms with Gasteiger partial charge in [0, 0.05) is 32.2 Å². The molecule has 30 heavy (non-hydrogen) atoms. The van der Waals surface area contributed by atoms with Crippen LogP contribution in [0.1, 0.15) is 24.4 Å². The number of anilines is 1. The van der Waals surface area contributed by atoms with Crippen molar-refractivity contribution in [1.29, 1.82) is 0 Å². The van der Waals surface area contributed by atoms with Crippen molar-refractivity contribution in [3.63, 3.8) is 0 Å². The van der Waals surface area contributed by atoms with Crippen molar-refractivity contribution in [3.8, 4) is 0 Å². The van der Waals surface area contributed by atoms with Gasteiger partial charge < -0.3 is 10.6 Å². The average molecular weight is 480 g/mol. The van der Waals surface area contributed by atoms with E-state index in [9.17, 15) is 0 Å². The first-order valence-corrected chi connectivity index (χ1v) is 11.5. The highest BCUT2D eigenvalue weighted by Gasteiger charge is 2.30. The van der Waals surface area contributed by atoms with Crippen LogP contribution in [-0.4, -0.2) is 13.1 Å². The predicted molar refractivity (Wildman–Crippen MR) is 133 cm³/mol. The number of benzene rings is 3. The quantitative estimate of drug-likeness (QED) is 0.380. The number of hydrogen-bond donors (Lipinski definition) is 2. The Morgan fingerprint density at radius 3 is 2.10 bits per heavy atom. The average Bonchev–Trinajstić information content (AvgIpc) is 2.75. The van der Waals surface area contributed by atoms with Crippen LogP contribution in [0.15, 0.2) is 77.7 Å². The number of thiol groups is 1. The molecule has 1 aliphatic heterocycles. The molecule has 0 amide bonds. The number of nitrogens with two attached hydrogens (primary N) is 1. The minimum Gasteiger partial charge on any atom is -0.364 e. The second-order valence-corrected chi connectivity index (χ2v) is 9.12. The first-order chi connectivity index (χ1) is 14.5. The van der Waals surface area contributed by atoms with Crippen molar-refractivity contribution in [3.05, 3.63) is 93.4 Å². The first kappa shape index (κ1) is 23.3. The molecule has 1 heterocycles. The topological polar surface area (TPSA) is 29.3 Å². The van der Waals surface area contributed by atoms with Gasteiger partial charge in [0.1, 0.15) is 0 Å². The third kappa shape index (κ3) is 6.32. The Morgan fingerprint density at radius 2 is 1.53 bits per heavy atom. The van der Waals surface area contributed by atoms with Gasteiger partial charge in [-0.3, -0.25) is 0 Å². The molecule has 6 heteroatoms. The maximum atomic E-state index is 6.45. The van der Waals surface area contributed by atoms with E-state index in [0.717, 1.165) is 40.6 Å². The third-order valence-electron chi connectivity index (χ3n) is 5.25. The first-order valence-electron chi connectivity index (χ1n) is 9.89. The molecule has 4 rings (SSSR count). The molecule has 0 bridgehead atoms. The van der Waals surface area contributed by atoms with Gasteiger partial charge in [-0.25, -0.2) is 0 Å². The maximum absolute atomic E-state index is 6.45. The van der Waals surface area contributed by atoms with Crippen molar-refractivity contribution in [1.82, 2.24) is 0 Å². The van der Waals surface area contributed by atoms with E-state index < -0.39 is 0 Å². The van der Waals surface area contributed by atoms with Crippen LogP contribution in [0.5, 0.6) is 0 Å². The molecule has 3 aromatic carbocycles. The fraction of sp³-hybridized carbons (Fsp3) is 0.250. The lowest BCUT2D eigenvalue weighted by molar-refractivity contribution is 0.366. The van der Waals surface area contributed by atoms with Gasteiger partial charge in [0.05, 0.1) is 6.04 Å². The van der Waals surface area contributed by atoms with Crippen LogP contribution < -0.4 is 10.6 Å². The molecule has 3 aromatic rings. The molecule has 0 saturated carbocycles. The Kier molecular flexibility index (Phi) is 8.79. The van der Waals surface area contributed by atoms with Gasteiger partial charge >= 0.3 is 0 Å². The van der Waals surface area contributed by atoms with Crippen LogP contribution in [0.25, 0.3) is 0 Å². The highest BCUT2D eigenvalue weighted by molar-refractivity contribution is 7.80. The molecular weight excluding hydrogens is 455 g/mol. The predicted octanol–water partition coefficient (Wildman–Crippen LogP) is 7.54. The van der Waals surface area contributed by atoms with Gasteiger partial charge in [0.2, 0.25) is 0 Å². The van der Waals surface area contributed by atoms with E-state index in [-0.39, 0.29) is 6.04 Å². The lowest BCUT2D eigenvalue weighted by Crippen LogP contribution is -2.40. The van der Waals surface area contributed by atoms with E-state index in [2.05, 4.69) is 29.7 Å². The van der Waals surface area contributed by atoms with Crippen LogP contribution in [0, 0.1) is 5.92 Å². The summed E-state index contributed by atoms with van der Waals surface area (Å²) in [5.74, 6) is 0.494. The Balaban J connectivity index is 0.000000310. The van der Waals surface area contributed by atoms with E-state index in [4.69, 9.17) is 40.5 Å². The molecule has 2 atom stereocenters. The van der Waals surface area contributed by atoms with Crippen molar-refractivity contribution in [2.75, 3.05) is 18.0 Å². The SMILES string of the molecule is NCC1CCC(c2ccc(Cl)cc2Cl)N(c2ccc(Cl)cc2)C1.Sc1ccccc1. The number of hydrogen-bond acceptors (Lipinski definition) is 3. The zero-order chi connectivity index (χ0) is 21.5. The summed E-state index contributed by atoms with van der Waals surface area (Å²) >= 11 is 22.6. The van der Waals surface area contributed by atoms with E-state index in [1.165, 1.54) is 0 Å². The fourth-order valence-electron chi connectivity index (χ4n) is 3.68. The van der Waals surface area contributed by atoms with Crippen molar-refractivity contribution < 1.29 is 0 Å². The maximum Gasteiger partial charge on any atom is 0.0557 e. The molecule has 158 valence electrons. The summed E-state index contributed by atoms with van der Waals surface area (Å²) in [6, 6.07) is 23.7. The minimum atomic E-state index is 0.226. The van der Waals surface area contributed by atoms with Crippen LogP contribution in [0.3, 0.4) is 0 Å². The highest BCUT2D eigenvalue weighted by Crippen LogP contribution is 2.40. The zero-order valence-corrected chi connectivity index (χ0v) is 19.7. The van der Waals surface area contributed by atoms with Gasteiger partial charge in [-0.05, 0) is 79.4 Å². The fourth-order valence-corrected chi connectivity index (χ4v) is 4.51. The van der Waals surface area contributed by atoms with E-state index >= 15 is 0 Å². The minimum absolute atomic E-state index is 0.226. The van der Waals surface area contributed by atoms with Gasteiger partial charge in [-0.15, -0.1) is 12.6 Å². The number of halogens is 3. The molecule has 0 spiro atoms. The zero-order valence-electron chi connectivity index (χ0n) is 16.5. The molecule has 0 radical (unpaired) electrons. The molecule has 2 nitrogen and oxygen atoms in total. The van der Waals surface area contributed by atoms with Gasteiger partial charge in [0.15, 0.2) is 0 Å².